The molecule has 144 valence electrons. The molecule has 28 heavy (non-hydrogen) atoms. The molecule has 0 radical (unpaired) electrons. The number of carbonyl (C=O) groups is 2. The fourth-order valence-electron chi connectivity index (χ4n) is 3.56. The molecule has 2 aromatic rings. The van der Waals surface area contributed by atoms with Gasteiger partial charge in [0.2, 0.25) is 0 Å². The highest BCUT2D eigenvalue weighted by molar-refractivity contribution is 6.45. The predicted molar refractivity (Wildman–Crippen MR) is 106 cm³/mol. The summed E-state index contributed by atoms with van der Waals surface area (Å²) in [4.78, 5) is 29.9. The SMILES string of the molecule is CCOc1ccc(N2C(=O)C(c3ccccc3)=C(N3CCOCC3)C2=O)cc1. The van der Waals surface area contributed by atoms with Crippen LogP contribution in [0, 0.1) is 0 Å². The van der Waals surface area contributed by atoms with Crippen molar-refractivity contribution >= 4 is 23.1 Å². The van der Waals surface area contributed by atoms with Crippen LogP contribution in [0.5, 0.6) is 5.75 Å². The zero-order chi connectivity index (χ0) is 19.5. The summed E-state index contributed by atoms with van der Waals surface area (Å²) in [6.07, 6.45) is 0. The van der Waals surface area contributed by atoms with Gasteiger partial charge in [0.15, 0.2) is 0 Å². The summed E-state index contributed by atoms with van der Waals surface area (Å²) in [6, 6.07) is 16.4. The lowest BCUT2D eigenvalue weighted by atomic mass is 10.0. The Morgan fingerprint density at radius 3 is 2.25 bits per heavy atom. The largest absolute Gasteiger partial charge is 0.494 e. The van der Waals surface area contributed by atoms with Crippen LogP contribution in [0.15, 0.2) is 60.3 Å². The minimum Gasteiger partial charge on any atom is -0.494 e. The smallest absolute Gasteiger partial charge is 0.282 e. The van der Waals surface area contributed by atoms with Crippen molar-refractivity contribution in [2.45, 2.75) is 6.92 Å². The highest BCUT2D eigenvalue weighted by atomic mass is 16.5. The molecule has 0 saturated carbocycles. The van der Waals surface area contributed by atoms with E-state index < -0.39 is 0 Å². The molecule has 2 aliphatic rings. The number of hydrogen-bond donors (Lipinski definition) is 0. The average Bonchev–Trinajstić information content (AvgIpc) is 3.00. The Bertz CT molecular complexity index is 900. The highest BCUT2D eigenvalue weighted by Crippen LogP contribution is 2.35. The van der Waals surface area contributed by atoms with Gasteiger partial charge in [0.05, 0.1) is 31.1 Å². The van der Waals surface area contributed by atoms with Gasteiger partial charge < -0.3 is 14.4 Å². The second-order valence-electron chi connectivity index (χ2n) is 6.56. The first kappa shape index (κ1) is 18.3. The van der Waals surface area contributed by atoms with Gasteiger partial charge in [-0.3, -0.25) is 9.59 Å². The first-order valence-corrected chi connectivity index (χ1v) is 9.44. The topological polar surface area (TPSA) is 59.1 Å². The van der Waals surface area contributed by atoms with Crippen LogP contribution >= 0.6 is 0 Å². The van der Waals surface area contributed by atoms with Gasteiger partial charge >= 0.3 is 0 Å². The second-order valence-corrected chi connectivity index (χ2v) is 6.56. The number of rotatable bonds is 5. The highest BCUT2D eigenvalue weighted by Gasteiger charge is 2.42. The maximum Gasteiger partial charge on any atom is 0.282 e. The Kier molecular flexibility index (Phi) is 5.12. The van der Waals surface area contributed by atoms with Crippen molar-refractivity contribution in [3.8, 4) is 5.75 Å². The maximum atomic E-state index is 13.3. The van der Waals surface area contributed by atoms with Crippen molar-refractivity contribution in [2.24, 2.45) is 0 Å². The summed E-state index contributed by atoms with van der Waals surface area (Å²) < 4.78 is 10.9. The van der Waals surface area contributed by atoms with Crippen LogP contribution in [0.2, 0.25) is 0 Å². The Hall–Kier alpha value is -3.12. The summed E-state index contributed by atoms with van der Waals surface area (Å²) in [6.45, 7) is 4.71. The van der Waals surface area contributed by atoms with E-state index in [4.69, 9.17) is 9.47 Å². The summed E-state index contributed by atoms with van der Waals surface area (Å²) in [5, 5.41) is 0. The first-order chi connectivity index (χ1) is 13.7. The van der Waals surface area contributed by atoms with Gasteiger partial charge in [-0.05, 0) is 36.8 Å². The molecule has 1 fully saturated rings. The second kappa shape index (κ2) is 7.86. The summed E-state index contributed by atoms with van der Waals surface area (Å²) >= 11 is 0. The molecule has 6 nitrogen and oxygen atoms in total. The zero-order valence-electron chi connectivity index (χ0n) is 15.8. The van der Waals surface area contributed by atoms with Crippen LogP contribution in [0.25, 0.3) is 5.57 Å². The molecular formula is C22H22N2O4. The van der Waals surface area contributed by atoms with E-state index in [0.717, 1.165) is 5.56 Å². The molecule has 0 atom stereocenters. The van der Waals surface area contributed by atoms with E-state index in [9.17, 15) is 9.59 Å². The first-order valence-electron chi connectivity index (χ1n) is 9.44. The van der Waals surface area contributed by atoms with Gasteiger partial charge in [0.25, 0.3) is 11.8 Å². The third-order valence-electron chi connectivity index (χ3n) is 4.86. The lowest BCUT2D eigenvalue weighted by Gasteiger charge is -2.29. The fourth-order valence-corrected chi connectivity index (χ4v) is 3.56. The number of morpholine rings is 1. The molecule has 0 aliphatic carbocycles. The third-order valence-corrected chi connectivity index (χ3v) is 4.86. The summed E-state index contributed by atoms with van der Waals surface area (Å²) in [5.41, 5.74) is 2.18. The molecule has 0 spiro atoms. The number of carbonyl (C=O) groups excluding carboxylic acids is 2. The quantitative estimate of drug-likeness (QED) is 0.749. The molecule has 2 heterocycles. The van der Waals surface area contributed by atoms with Crippen molar-refractivity contribution in [2.75, 3.05) is 37.8 Å². The van der Waals surface area contributed by atoms with Crippen LogP contribution in [0.4, 0.5) is 5.69 Å². The van der Waals surface area contributed by atoms with E-state index >= 15 is 0 Å². The van der Waals surface area contributed by atoms with Crippen molar-refractivity contribution < 1.29 is 19.1 Å². The minimum absolute atomic E-state index is 0.296. The van der Waals surface area contributed by atoms with Crippen LogP contribution in [0.1, 0.15) is 12.5 Å². The molecule has 2 aromatic carbocycles. The van der Waals surface area contributed by atoms with Crippen LogP contribution in [0.3, 0.4) is 0 Å². The number of anilines is 1. The summed E-state index contributed by atoms with van der Waals surface area (Å²) in [7, 11) is 0. The third kappa shape index (κ3) is 3.27. The summed E-state index contributed by atoms with van der Waals surface area (Å²) in [5.74, 6) is 0.103. The number of ether oxygens (including phenoxy) is 2. The molecule has 0 unspecified atom stereocenters. The van der Waals surface area contributed by atoms with E-state index in [1.54, 1.807) is 24.3 Å². The van der Waals surface area contributed by atoms with Crippen molar-refractivity contribution in [1.29, 1.82) is 0 Å². The molecule has 4 rings (SSSR count). The normalized spacial score (nSPS) is 17.5. The maximum absolute atomic E-state index is 13.3. The number of nitrogens with zero attached hydrogens (tertiary/aromatic N) is 2. The predicted octanol–water partition coefficient (Wildman–Crippen LogP) is 2.70. The molecule has 1 saturated heterocycles. The van der Waals surface area contributed by atoms with Gasteiger partial charge in [-0.15, -0.1) is 0 Å². The fraction of sp³-hybridized carbons (Fsp3) is 0.273. The molecule has 2 amide bonds. The van der Waals surface area contributed by atoms with E-state index in [-0.39, 0.29) is 11.8 Å². The van der Waals surface area contributed by atoms with Gasteiger partial charge in [0, 0.05) is 13.1 Å². The van der Waals surface area contributed by atoms with E-state index in [2.05, 4.69) is 0 Å². The Morgan fingerprint density at radius 1 is 0.929 bits per heavy atom. The van der Waals surface area contributed by atoms with Gasteiger partial charge in [-0.2, -0.15) is 0 Å². The molecule has 0 aromatic heterocycles. The van der Waals surface area contributed by atoms with Gasteiger partial charge in [-0.1, -0.05) is 30.3 Å². The van der Waals surface area contributed by atoms with Gasteiger partial charge in [0.1, 0.15) is 11.4 Å². The van der Waals surface area contributed by atoms with E-state index in [0.29, 0.717) is 55.6 Å². The van der Waals surface area contributed by atoms with Crippen molar-refractivity contribution in [1.82, 2.24) is 4.90 Å². The molecule has 2 aliphatic heterocycles. The Morgan fingerprint density at radius 2 is 1.61 bits per heavy atom. The van der Waals surface area contributed by atoms with Crippen LogP contribution in [-0.2, 0) is 14.3 Å². The molecule has 6 heteroatoms. The van der Waals surface area contributed by atoms with Gasteiger partial charge in [-0.25, -0.2) is 4.90 Å². The van der Waals surface area contributed by atoms with Crippen LogP contribution < -0.4 is 9.64 Å². The monoisotopic (exact) mass is 378 g/mol. The number of hydrogen-bond acceptors (Lipinski definition) is 5. The lowest BCUT2D eigenvalue weighted by molar-refractivity contribution is -0.121. The zero-order valence-corrected chi connectivity index (χ0v) is 15.8. The molecule has 0 N–H and O–H groups in total. The number of imide groups is 1. The lowest BCUT2D eigenvalue weighted by Crippen LogP contribution is -2.40. The molecule has 0 bridgehead atoms. The number of benzene rings is 2. The van der Waals surface area contributed by atoms with Crippen molar-refractivity contribution in [3.05, 3.63) is 65.9 Å². The van der Waals surface area contributed by atoms with E-state index in [1.807, 2.05) is 42.2 Å². The van der Waals surface area contributed by atoms with E-state index in [1.165, 1.54) is 4.90 Å². The van der Waals surface area contributed by atoms with Crippen molar-refractivity contribution in [3.63, 3.8) is 0 Å². The minimum atomic E-state index is -0.304. The average molecular weight is 378 g/mol. The Balaban J connectivity index is 1.74. The van der Waals surface area contributed by atoms with Crippen LogP contribution in [-0.4, -0.2) is 49.6 Å². The number of amides is 2. The Labute approximate surface area is 164 Å². The standard InChI is InChI=1S/C22H22N2O4/c1-2-28-18-10-8-17(9-11-18)24-21(25)19(16-6-4-3-5-7-16)20(22(24)26)23-12-14-27-15-13-23/h3-11H,2,12-15H2,1H3. The molecular weight excluding hydrogens is 356 g/mol.